The van der Waals surface area contributed by atoms with Crippen molar-refractivity contribution >= 4 is 11.9 Å². The summed E-state index contributed by atoms with van der Waals surface area (Å²) >= 11 is 0. The molecule has 0 heterocycles. The number of aliphatic carboxylic acids is 1. The van der Waals surface area contributed by atoms with Crippen LogP contribution in [0.1, 0.15) is 17.2 Å². The van der Waals surface area contributed by atoms with Crippen molar-refractivity contribution in [2.75, 3.05) is 0 Å². The van der Waals surface area contributed by atoms with E-state index in [9.17, 15) is 9.59 Å². The quantitative estimate of drug-likeness (QED) is 0.848. The third-order valence-electron chi connectivity index (χ3n) is 2.77. The molecule has 2 rings (SSSR count). The number of carbonyl (C=O) groups is 2. The van der Waals surface area contributed by atoms with Gasteiger partial charge in [-0.2, -0.15) is 0 Å². The van der Waals surface area contributed by atoms with Crippen LogP contribution in [-0.4, -0.2) is 17.0 Å². The summed E-state index contributed by atoms with van der Waals surface area (Å²) in [5.74, 6) is -1.75. The Hall–Kier alpha value is -2.62. The van der Waals surface area contributed by atoms with Crippen LogP contribution < -0.4 is 0 Å². The SMILES string of the molecule is O=C(Cc1ccccc1)O[C@@H](C(=O)O)c1ccccc1. The zero-order chi connectivity index (χ0) is 14.4. The molecule has 0 spiro atoms. The molecular formula is C16H14O4. The van der Waals surface area contributed by atoms with E-state index in [1.54, 1.807) is 42.5 Å². The molecule has 2 aromatic carbocycles. The third kappa shape index (κ3) is 3.68. The Labute approximate surface area is 116 Å². The van der Waals surface area contributed by atoms with Crippen LogP contribution in [0.2, 0.25) is 0 Å². The number of rotatable bonds is 5. The first kappa shape index (κ1) is 13.8. The summed E-state index contributed by atoms with van der Waals surface area (Å²) in [5, 5.41) is 9.16. The molecule has 0 aliphatic rings. The second-order valence-electron chi connectivity index (χ2n) is 4.28. The first-order valence-electron chi connectivity index (χ1n) is 6.18. The number of carboxylic acid groups (broad SMARTS) is 1. The van der Waals surface area contributed by atoms with E-state index in [1.807, 2.05) is 18.2 Å². The fourth-order valence-corrected chi connectivity index (χ4v) is 1.82. The van der Waals surface area contributed by atoms with Gasteiger partial charge in [-0.1, -0.05) is 60.7 Å². The summed E-state index contributed by atoms with van der Waals surface area (Å²) in [6, 6.07) is 17.5. The maximum atomic E-state index is 11.8. The number of esters is 1. The predicted molar refractivity (Wildman–Crippen MR) is 73.1 cm³/mol. The number of carboxylic acids is 1. The summed E-state index contributed by atoms with van der Waals surface area (Å²) in [6.45, 7) is 0. The summed E-state index contributed by atoms with van der Waals surface area (Å²) in [6.07, 6.45) is -1.22. The zero-order valence-electron chi connectivity index (χ0n) is 10.7. The summed E-state index contributed by atoms with van der Waals surface area (Å²) in [7, 11) is 0. The molecule has 4 nitrogen and oxygen atoms in total. The molecule has 0 saturated heterocycles. The first-order chi connectivity index (χ1) is 9.66. The molecule has 0 saturated carbocycles. The minimum atomic E-state index is -1.27. The zero-order valence-corrected chi connectivity index (χ0v) is 10.7. The van der Waals surface area contributed by atoms with Gasteiger partial charge in [0.1, 0.15) is 0 Å². The maximum Gasteiger partial charge on any atom is 0.349 e. The molecule has 0 aromatic heterocycles. The van der Waals surface area contributed by atoms with E-state index in [1.165, 1.54) is 0 Å². The Morgan fingerprint density at radius 3 is 2.05 bits per heavy atom. The predicted octanol–water partition coefficient (Wildman–Crippen LogP) is 2.60. The molecule has 0 unspecified atom stereocenters. The van der Waals surface area contributed by atoms with Crippen molar-refractivity contribution < 1.29 is 19.4 Å². The molecule has 1 N–H and O–H groups in total. The molecule has 0 aliphatic heterocycles. The molecule has 0 aliphatic carbocycles. The molecule has 1 atom stereocenters. The second-order valence-corrected chi connectivity index (χ2v) is 4.28. The van der Waals surface area contributed by atoms with Crippen molar-refractivity contribution in [1.29, 1.82) is 0 Å². The highest BCUT2D eigenvalue weighted by atomic mass is 16.6. The fraction of sp³-hybridized carbons (Fsp3) is 0.125. The molecule has 2 aromatic rings. The monoisotopic (exact) mass is 270 g/mol. The van der Waals surface area contributed by atoms with Gasteiger partial charge in [0.25, 0.3) is 0 Å². The van der Waals surface area contributed by atoms with Gasteiger partial charge >= 0.3 is 11.9 Å². The topological polar surface area (TPSA) is 63.6 Å². The second kappa shape index (κ2) is 6.52. The van der Waals surface area contributed by atoms with E-state index in [-0.39, 0.29) is 6.42 Å². The van der Waals surface area contributed by atoms with Gasteiger partial charge in [-0.3, -0.25) is 4.79 Å². The lowest BCUT2D eigenvalue weighted by Gasteiger charge is -2.14. The molecule has 0 amide bonds. The highest BCUT2D eigenvalue weighted by Crippen LogP contribution is 2.18. The van der Waals surface area contributed by atoms with Gasteiger partial charge in [-0.05, 0) is 5.56 Å². The number of hydrogen-bond acceptors (Lipinski definition) is 3. The van der Waals surface area contributed by atoms with E-state index < -0.39 is 18.0 Å². The number of hydrogen-bond donors (Lipinski definition) is 1. The van der Waals surface area contributed by atoms with Crippen LogP contribution >= 0.6 is 0 Å². The third-order valence-corrected chi connectivity index (χ3v) is 2.77. The average molecular weight is 270 g/mol. The van der Waals surface area contributed by atoms with Crippen molar-refractivity contribution in [1.82, 2.24) is 0 Å². The van der Waals surface area contributed by atoms with Gasteiger partial charge in [0.05, 0.1) is 6.42 Å². The van der Waals surface area contributed by atoms with E-state index >= 15 is 0 Å². The fourth-order valence-electron chi connectivity index (χ4n) is 1.82. The van der Waals surface area contributed by atoms with Crippen LogP contribution in [0.4, 0.5) is 0 Å². The normalized spacial score (nSPS) is 11.6. The average Bonchev–Trinajstić information content (AvgIpc) is 2.46. The van der Waals surface area contributed by atoms with E-state index in [0.717, 1.165) is 5.56 Å². The van der Waals surface area contributed by atoms with Crippen molar-refractivity contribution in [3.8, 4) is 0 Å². The van der Waals surface area contributed by atoms with Gasteiger partial charge in [-0.15, -0.1) is 0 Å². The number of ether oxygens (including phenoxy) is 1. The molecular weight excluding hydrogens is 256 g/mol. The lowest BCUT2D eigenvalue weighted by molar-refractivity contribution is -0.164. The van der Waals surface area contributed by atoms with Crippen molar-refractivity contribution in [3.05, 3.63) is 71.8 Å². The number of carbonyl (C=O) groups excluding carboxylic acids is 1. The van der Waals surface area contributed by atoms with E-state index in [0.29, 0.717) is 5.56 Å². The lowest BCUT2D eigenvalue weighted by atomic mass is 10.1. The minimum Gasteiger partial charge on any atom is -0.478 e. The van der Waals surface area contributed by atoms with Crippen LogP contribution in [0.25, 0.3) is 0 Å². The van der Waals surface area contributed by atoms with Gasteiger partial charge in [0, 0.05) is 5.56 Å². The number of benzene rings is 2. The standard InChI is InChI=1S/C16H14O4/c17-14(11-12-7-3-1-4-8-12)20-15(16(18)19)13-9-5-2-6-10-13/h1-10,15H,11H2,(H,18,19)/t15-/m1/s1. The van der Waals surface area contributed by atoms with Crippen molar-refractivity contribution in [2.24, 2.45) is 0 Å². The van der Waals surface area contributed by atoms with Gasteiger partial charge in [-0.25, -0.2) is 4.79 Å². The van der Waals surface area contributed by atoms with Gasteiger partial charge in [0.2, 0.25) is 6.10 Å². The largest absolute Gasteiger partial charge is 0.478 e. The van der Waals surface area contributed by atoms with Crippen molar-refractivity contribution in [3.63, 3.8) is 0 Å². The maximum absolute atomic E-state index is 11.8. The van der Waals surface area contributed by atoms with Crippen LogP contribution in [0.15, 0.2) is 60.7 Å². The van der Waals surface area contributed by atoms with E-state index in [2.05, 4.69) is 0 Å². The van der Waals surface area contributed by atoms with E-state index in [4.69, 9.17) is 9.84 Å². The molecule has 0 fully saturated rings. The summed E-state index contributed by atoms with van der Waals surface area (Å²) in [5.41, 5.74) is 1.23. The van der Waals surface area contributed by atoms with Crippen LogP contribution in [-0.2, 0) is 20.7 Å². The highest BCUT2D eigenvalue weighted by molar-refractivity contribution is 5.80. The molecule has 0 bridgehead atoms. The van der Waals surface area contributed by atoms with Crippen LogP contribution in [0, 0.1) is 0 Å². The Bertz CT molecular complexity index is 578. The Balaban J connectivity index is 2.06. The Morgan fingerprint density at radius 1 is 0.950 bits per heavy atom. The molecule has 20 heavy (non-hydrogen) atoms. The van der Waals surface area contributed by atoms with Crippen LogP contribution in [0.5, 0.6) is 0 Å². The van der Waals surface area contributed by atoms with Gasteiger partial charge in [0.15, 0.2) is 0 Å². The first-order valence-corrected chi connectivity index (χ1v) is 6.18. The highest BCUT2D eigenvalue weighted by Gasteiger charge is 2.24. The molecule has 4 heteroatoms. The molecule has 102 valence electrons. The van der Waals surface area contributed by atoms with Gasteiger partial charge < -0.3 is 9.84 Å². The lowest BCUT2D eigenvalue weighted by Crippen LogP contribution is -2.20. The van der Waals surface area contributed by atoms with Crippen molar-refractivity contribution in [2.45, 2.75) is 12.5 Å². The Morgan fingerprint density at radius 2 is 1.50 bits per heavy atom. The smallest absolute Gasteiger partial charge is 0.349 e. The van der Waals surface area contributed by atoms with Crippen LogP contribution in [0.3, 0.4) is 0 Å². The summed E-state index contributed by atoms with van der Waals surface area (Å²) in [4.78, 5) is 23.0. The summed E-state index contributed by atoms with van der Waals surface area (Å²) < 4.78 is 5.06. The molecule has 0 radical (unpaired) electrons. The Kier molecular flexibility index (Phi) is 4.50. The minimum absolute atomic E-state index is 0.0530.